The van der Waals surface area contributed by atoms with Crippen molar-refractivity contribution in [2.24, 2.45) is 0 Å². The number of benzene rings is 2. The molecule has 0 saturated heterocycles. The lowest BCUT2D eigenvalue weighted by Gasteiger charge is -2.08. The number of aryl methyl sites for hydroxylation is 2. The molecule has 0 radical (unpaired) electrons. The first-order chi connectivity index (χ1) is 14.9. The average molecular weight is 432 g/mol. The van der Waals surface area contributed by atoms with Crippen LogP contribution in [0.15, 0.2) is 65.0 Å². The molecule has 2 heterocycles. The van der Waals surface area contributed by atoms with Gasteiger partial charge in [-0.1, -0.05) is 42.5 Å². The number of carbonyl (C=O) groups is 2. The van der Waals surface area contributed by atoms with Gasteiger partial charge in [0, 0.05) is 29.3 Å². The number of hydrogen-bond acceptors (Lipinski definition) is 5. The first-order valence-electron chi connectivity index (χ1n) is 9.88. The van der Waals surface area contributed by atoms with Crippen LogP contribution in [0.25, 0.3) is 21.3 Å². The summed E-state index contributed by atoms with van der Waals surface area (Å²) in [5, 5.41) is 2.35. The Morgan fingerprint density at radius 3 is 2.55 bits per heavy atom. The number of rotatable bonds is 6. The molecule has 0 aliphatic rings. The second-order valence-corrected chi connectivity index (χ2v) is 8.23. The molecule has 2 aromatic heterocycles. The number of aromatic nitrogens is 2. The molecular weight excluding hydrogens is 410 g/mol. The second kappa shape index (κ2) is 8.65. The highest BCUT2D eigenvalue weighted by Gasteiger charge is 2.15. The Kier molecular flexibility index (Phi) is 5.77. The van der Waals surface area contributed by atoms with E-state index in [0.717, 1.165) is 26.9 Å². The standard InChI is InChI=1S/C24H21N3O3S/c1-15-8-9-18(12-16(15)2)20(28)10-11-21(29)26-27-14-25-23-22(24(27)30)19(13-31-23)17-6-4-3-5-7-17/h3-9,12-14H,10-11H2,1-2H3,(H,26,29). The van der Waals surface area contributed by atoms with E-state index in [4.69, 9.17) is 0 Å². The molecule has 4 aromatic rings. The molecule has 0 spiro atoms. The molecule has 7 heteroatoms. The summed E-state index contributed by atoms with van der Waals surface area (Å²) in [7, 11) is 0. The van der Waals surface area contributed by atoms with E-state index in [9.17, 15) is 14.4 Å². The van der Waals surface area contributed by atoms with E-state index in [1.165, 1.54) is 17.7 Å². The van der Waals surface area contributed by atoms with Crippen molar-refractivity contribution >= 4 is 33.2 Å². The Bertz CT molecular complexity index is 1340. The van der Waals surface area contributed by atoms with E-state index >= 15 is 0 Å². The zero-order chi connectivity index (χ0) is 22.0. The van der Waals surface area contributed by atoms with Gasteiger partial charge < -0.3 is 0 Å². The summed E-state index contributed by atoms with van der Waals surface area (Å²) in [5.41, 5.74) is 6.63. The van der Waals surface area contributed by atoms with E-state index in [1.807, 2.05) is 61.7 Å². The number of amides is 1. The molecule has 6 nitrogen and oxygen atoms in total. The van der Waals surface area contributed by atoms with Gasteiger partial charge in [-0.25, -0.2) is 9.66 Å². The molecule has 0 fully saturated rings. The zero-order valence-electron chi connectivity index (χ0n) is 17.2. The summed E-state index contributed by atoms with van der Waals surface area (Å²) in [6, 6.07) is 15.1. The number of thiophene rings is 1. The minimum absolute atomic E-state index is 0.0224. The third-order valence-corrected chi connectivity index (χ3v) is 6.12. The number of nitrogens with one attached hydrogen (secondary N) is 1. The van der Waals surface area contributed by atoms with Gasteiger partial charge in [0.2, 0.25) is 5.91 Å². The number of nitrogens with zero attached hydrogens (tertiary/aromatic N) is 2. The highest BCUT2D eigenvalue weighted by atomic mass is 32.1. The summed E-state index contributed by atoms with van der Waals surface area (Å²) in [5.74, 6) is -0.528. The van der Waals surface area contributed by atoms with Crippen LogP contribution in [0.4, 0.5) is 0 Å². The van der Waals surface area contributed by atoms with Crippen molar-refractivity contribution in [1.29, 1.82) is 0 Å². The molecule has 0 aliphatic carbocycles. The third kappa shape index (κ3) is 4.32. The number of Topliss-reactive ketones (excluding diaryl/α,β-unsaturated/α-hetero) is 1. The Morgan fingerprint density at radius 1 is 1.03 bits per heavy atom. The fourth-order valence-corrected chi connectivity index (χ4v) is 4.23. The van der Waals surface area contributed by atoms with Gasteiger partial charge in [0.25, 0.3) is 5.56 Å². The van der Waals surface area contributed by atoms with Crippen LogP contribution in [0, 0.1) is 13.8 Å². The molecule has 1 amide bonds. The van der Waals surface area contributed by atoms with Gasteiger partial charge in [0.15, 0.2) is 5.78 Å². The normalized spacial score (nSPS) is 10.9. The second-order valence-electron chi connectivity index (χ2n) is 7.37. The van der Waals surface area contributed by atoms with Crippen LogP contribution in [0.2, 0.25) is 0 Å². The van der Waals surface area contributed by atoms with Crippen LogP contribution in [0.3, 0.4) is 0 Å². The molecule has 0 unspecified atom stereocenters. The maximum Gasteiger partial charge on any atom is 0.281 e. The quantitative estimate of drug-likeness (QED) is 0.457. The van der Waals surface area contributed by atoms with Gasteiger partial charge in [-0.2, -0.15) is 0 Å². The van der Waals surface area contributed by atoms with Gasteiger partial charge in [0.05, 0.1) is 5.39 Å². The molecule has 0 saturated carbocycles. The Hall–Kier alpha value is -3.58. The maximum absolute atomic E-state index is 13.0. The van der Waals surface area contributed by atoms with Crippen molar-refractivity contribution < 1.29 is 9.59 Å². The fraction of sp³-hybridized carbons (Fsp3) is 0.167. The smallest absolute Gasteiger partial charge is 0.281 e. The van der Waals surface area contributed by atoms with Gasteiger partial charge in [-0.15, -0.1) is 11.3 Å². The average Bonchev–Trinajstić information content (AvgIpc) is 3.21. The monoisotopic (exact) mass is 431 g/mol. The third-order valence-electron chi connectivity index (χ3n) is 5.23. The van der Waals surface area contributed by atoms with Crippen LogP contribution in [-0.4, -0.2) is 21.4 Å². The number of carbonyl (C=O) groups excluding carboxylic acids is 2. The molecule has 0 bridgehead atoms. The summed E-state index contributed by atoms with van der Waals surface area (Å²) in [6.07, 6.45) is 1.34. The van der Waals surface area contributed by atoms with Gasteiger partial charge in [-0.05, 0) is 36.6 Å². The molecule has 0 aliphatic heterocycles. The molecule has 0 atom stereocenters. The summed E-state index contributed by atoms with van der Waals surface area (Å²) < 4.78 is 1.09. The number of hydrogen-bond donors (Lipinski definition) is 1. The van der Waals surface area contributed by atoms with Crippen molar-refractivity contribution in [1.82, 2.24) is 9.66 Å². The van der Waals surface area contributed by atoms with E-state index < -0.39 is 5.91 Å². The lowest BCUT2D eigenvalue weighted by atomic mass is 10.0. The first kappa shape index (κ1) is 20.7. The van der Waals surface area contributed by atoms with Crippen LogP contribution in [0.1, 0.15) is 34.3 Å². The van der Waals surface area contributed by atoms with Gasteiger partial charge in [-0.3, -0.25) is 19.8 Å². The summed E-state index contributed by atoms with van der Waals surface area (Å²) in [6.45, 7) is 3.93. The van der Waals surface area contributed by atoms with E-state index in [-0.39, 0.29) is 24.2 Å². The van der Waals surface area contributed by atoms with E-state index in [1.54, 1.807) is 6.07 Å². The SMILES string of the molecule is Cc1ccc(C(=O)CCC(=O)Nn2cnc3scc(-c4ccccc4)c3c2=O)cc1C. The Labute approximate surface area is 183 Å². The minimum atomic E-state index is -0.420. The molecule has 31 heavy (non-hydrogen) atoms. The van der Waals surface area contributed by atoms with Crippen LogP contribution in [0.5, 0.6) is 0 Å². The van der Waals surface area contributed by atoms with Crippen molar-refractivity contribution in [2.75, 3.05) is 5.43 Å². The number of fused-ring (bicyclic) bond motifs is 1. The van der Waals surface area contributed by atoms with Crippen molar-refractivity contribution in [2.45, 2.75) is 26.7 Å². The van der Waals surface area contributed by atoms with E-state index in [2.05, 4.69) is 10.4 Å². The first-order valence-corrected chi connectivity index (χ1v) is 10.8. The topological polar surface area (TPSA) is 81.1 Å². The largest absolute Gasteiger partial charge is 0.294 e. The zero-order valence-corrected chi connectivity index (χ0v) is 18.0. The van der Waals surface area contributed by atoms with Crippen LogP contribution >= 0.6 is 11.3 Å². The lowest BCUT2D eigenvalue weighted by Crippen LogP contribution is -2.33. The predicted molar refractivity (Wildman–Crippen MR) is 123 cm³/mol. The fourth-order valence-electron chi connectivity index (χ4n) is 3.32. The summed E-state index contributed by atoms with van der Waals surface area (Å²) >= 11 is 1.38. The Morgan fingerprint density at radius 2 is 1.81 bits per heavy atom. The number of ketones is 1. The Balaban J connectivity index is 1.50. The van der Waals surface area contributed by atoms with Gasteiger partial charge >= 0.3 is 0 Å². The van der Waals surface area contributed by atoms with E-state index in [0.29, 0.717) is 15.8 Å². The highest BCUT2D eigenvalue weighted by Crippen LogP contribution is 2.30. The molecular formula is C24H21N3O3S. The maximum atomic E-state index is 13.0. The van der Waals surface area contributed by atoms with Crippen molar-refractivity contribution in [3.8, 4) is 11.1 Å². The molecule has 156 valence electrons. The highest BCUT2D eigenvalue weighted by molar-refractivity contribution is 7.17. The predicted octanol–water partition coefficient (Wildman–Crippen LogP) is 4.48. The van der Waals surface area contributed by atoms with Crippen molar-refractivity contribution in [3.05, 3.63) is 87.3 Å². The minimum Gasteiger partial charge on any atom is -0.294 e. The molecule has 4 rings (SSSR count). The summed E-state index contributed by atoms with van der Waals surface area (Å²) in [4.78, 5) is 42.7. The van der Waals surface area contributed by atoms with Gasteiger partial charge in [0.1, 0.15) is 11.2 Å². The van der Waals surface area contributed by atoms with Crippen molar-refractivity contribution in [3.63, 3.8) is 0 Å². The lowest BCUT2D eigenvalue weighted by molar-refractivity contribution is -0.117. The van der Waals surface area contributed by atoms with Crippen LogP contribution in [-0.2, 0) is 4.79 Å². The molecule has 1 N–H and O–H groups in total. The molecule has 2 aromatic carbocycles. The van der Waals surface area contributed by atoms with Crippen LogP contribution < -0.4 is 11.0 Å².